The van der Waals surface area contributed by atoms with E-state index < -0.39 is 17.1 Å². The van der Waals surface area contributed by atoms with Crippen molar-refractivity contribution in [1.82, 2.24) is 4.98 Å². The van der Waals surface area contributed by atoms with E-state index in [9.17, 15) is 13.6 Å². The molecule has 0 aliphatic heterocycles. The molecule has 0 saturated heterocycles. The summed E-state index contributed by atoms with van der Waals surface area (Å²) in [4.78, 5) is 13.3. The molecule has 1 aromatic heterocycles. The number of hydrogen-bond acceptors (Lipinski definition) is 2. The minimum Gasteiger partial charge on any atom is -0.301 e. The molecule has 0 aromatic carbocycles. The average molecular weight is 192 g/mol. The summed E-state index contributed by atoms with van der Waals surface area (Å²) in [6.07, 6.45) is 0.350. The lowest BCUT2D eigenvalue weighted by atomic mass is 10.3. The van der Waals surface area contributed by atoms with E-state index in [2.05, 4.69) is 4.98 Å². The first-order valence-electron chi connectivity index (χ1n) is 3.06. The monoisotopic (exact) mass is 191 g/mol. The summed E-state index contributed by atoms with van der Waals surface area (Å²) < 4.78 is 24.9. The molecule has 5 heteroatoms. The first-order valence-corrected chi connectivity index (χ1v) is 3.49. The van der Waals surface area contributed by atoms with E-state index >= 15 is 0 Å². The molecule has 0 saturated carbocycles. The number of aldehydes is 1. The molecule has 1 atom stereocenters. The highest BCUT2D eigenvalue weighted by Gasteiger charge is 2.10. The molecule has 0 radical (unpaired) electrons. The Bertz CT molecular complexity index is 285. The van der Waals surface area contributed by atoms with E-state index in [-0.39, 0.29) is 5.69 Å². The van der Waals surface area contributed by atoms with Crippen molar-refractivity contribution in [2.75, 3.05) is 0 Å². The molecule has 1 rings (SSSR count). The van der Waals surface area contributed by atoms with Gasteiger partial charge in [0.1, 0.15) is 17.5 Å². The topological polar surface area (TPSA) is 30.0 Å². The van der Waals surface area contributed by atoms with Crippen molar-refractivity contribution in [2.45, 2.75) is 5.38 Å². The van der Waals surface area contributed by atoms with Gasteiger partial charge in [-0.2, -0.15) is 4.39 Å². The van der Waals surface area contributed by atoms with Crippen LogP contribution in [0.25, 0.3) is 0 Å². The predicted molar refractivity (Wildman–Crippen MR) is 38.8 cm³/mol. The molecule has 1 heterocycles. The maximum absolute atomic E-state index is 12.5. The zero-order valence-corrected chi connectivity index (χ0v) is 6.55. The van der Waals surface area contributed by atoms with Gasteiger partial charge in [0, 0.05) is 6.07 Å². The molecule has 0 N–H and O–H groups in total. The van der Waals surface area contributed by atoms with Crippen LogP contribution >= 0.6 is 11.6 Å². The van der Waals surface area contributed by atoms with Gasteiger partial charge in [-0.15, -0.1) is 11.6 Å². The second kappa shape index (κ2) is 3.58. The molecule has 1 aromatic rings. The molecule has 1 unspecified atom stereocenters. The van der Waals surface area contributed by atoms with Crippen molar-refractivity contribution in [3.8, 4) is 0 Å². The van der Waals surface area contributed by atoms with E-state index in [0.29, 0.717) is 12.4 Å². The van der Waals surface area contributed by atoms with Crippen molar-refractivity contribution in [2.24, 2.45) is 0 Å². The largest absolute Gasteiger partial charge is 0.301 e. The Morgan fingerprint density at radius 3 is 2.67 bits per heavy atom. The smallest absolute Gasteiger partial charge is 0.216 e. The molecular weight excluding hydrogens is 188 g/mol. The van der Waals surface area contributed by atoms with Crippen LogP contribution < -0.4 is 0 Å². The van der Waals surface area contributed by atoms with Crippen molar-refractivity contribution in [3.63, 3.8) is 0 Å². The number of alkyl halides is 1. The van der Waals surface area contributed by atoms with E-state index in [0.717, 1.165) is 6.07 Å². The molecule has 0 amide bonds. The Morgan fingerprint density at radius 2 is 2.17 bits per heavy atom. The normalized spacial score (nSPS) is 12.6. The van der Waals surface area contributed by atoms with E-state index in [1.54, 1.807) is 0 Å². The molecule has 2 nitrogen and oxygen atoms in total. The molecule has 0 aliphatic carbocycles. The number of carbonyl (C=O) groups excluding carboxylic acids is 1. The Morgan fingerprint density at radius 1 is 1.50 bits per heavy atom. The second-order valence-corrected chi connectivity index (χ2v) is 2.54. The zero-order chi connectivity index (χ0) is 9.14. The van der Waals surface area contributed by atoms with Crippen LogP contribution in [0.1, 0.15) is 11.1 Å². The van der Waals surface area contributed by atoms with Gasteiger partial charge >= 0.3 is 0 Å². The summed E-state index contributed by atoms with van der Waals surface area (Å²) in [6, 6.07) is 1.52. The first kappa shape index (κ1) is 9.06. The predicted octanol–water partition coefficient (Wildman–Crippen LogP) is 1.84. The van der Waals surface area contributed by atoms with Crippen molar-refractivity contribution in [1.29, 1.82) is 0 Å². The van der Waals surface area contributed by atoms with Gasteiger partial charge in [-0.1, -0.05) is 0 Å². The summed E-state index contributed by atoms with van der Waals surface area (Å²) in [5, 5.41) is -1.10. The second-order valence-electron chi connectivity index (χ2n) is 2.07. The molecule has 64 valence electrons. The van der Waals surface area contributed by atoms with Crippen molar-refractivity contribution in [3.05, 3.63) is 29.6 Å². The summed E-state index contributed by atoms with van der Waals surface area (Å²) >= 11 is 5.37. The molecular formula is C7H4ClF2NO. The van der Waals surface area contributed by atoms with Crippen LogP contribution in [-0.2, 0) is 4.79 Å². The lowest BCUT2D eigenvalue weighted by molar-refractivity contribution is -0.107. The summed E-state index contributed by atoms with van der Waals surface area (Å²) in [5.41, 5.74) is -0.121. The minimum absolute atomic E-state index is 0.121. The SMILES string of the molecule is O=CC(Cl)c1cc(F)cc(F)n1. The average Bonchev–Trinajstić information content (AvgIpc) is 2.01. The summed E-state index contributed by atoms with van der Waals surface area (Å²) in [6.45, 7) is 0. The highest BCUT2D eigenvalue weighted by atomic mass is 35.5. The van der Waals surface area contributed by atoms with Gasteiger partial charge in [0.2, 0.25) is 5.95 Å². The molecule has 0 aliphatic rings. The number of hydrogen-bond donors (Lipinski definition) is 0. The van der Waals surface area contributed by atoms with Gasteiger partial charge < -0.3 is 4.79 Å². The minimum atomic E-state index is -1.10. The number of carbonyl (C=O) groups is 1. The van der Waals surface area contributed by atoms with Crippen LogP contribution in [0.5, 0.6) is 0 Å². The van der Waals surface area contributed by atoms with Gasteiger partial charge in [-0.25, -0.2) is 9.37 Å². The summed E-state index contributed by atoms with van der Waals surface area (Å²) in [7, 11) is 0. The Hall–Kier alpha value is -1.03. The van der Waals surface area contributed by atoms with Crippen molar-refractivity contribution < 1.29 is 13.6 Å². The van der Waals surface area contributed by atoms with Crippen LogP contribution in [0.3, 0.4) is 0 Å². The molecule has 12 heavy (non-hydrogen) atoms. The van der Waals surface area contributed by atoms with Crippen LogP contribution in [0.4, 0.5) is 8.78 Å². The van der Waals surface area contributed by atoms with E-state index in [4.69, 9.17) is 11.6 Å². The third-order valence-electron chi connectivity index (χ3n) is 1.18. The van der Waals surface area contributed by atoms with E-state index in [1.165, 1.54) is 0 Å². The first-order chi connectivity index (χ1) is 5.63. The highest BCUT2D eigenvalue weighted by Crippen LogP contribution is 2.16. The zero-order valence-electron chi connectivity index (χ0n) is 5.80. The number of pyridine rings is 1. The van der Waals surface area contributed by atoms with Crippen LogP contribution in [0, 0.1) is 11.8 Å². The standard InChI is InChI=1S/C7H4ClF2NO/c8-5(3-12)6-1-4(9)2-7(10)11-6/h1-3,5H. The fourth-order valence-electron chi connectivity index (χ4n) is 0.696. The maximum atomic E-state index is 12.5. The van der Waals surface area contributed by atoms with Crippen molar-refractivity contribution >= 4 is 17.9 Å². The Balaban J connectivity index is 3.08. The van der Waals surface area contributed by atoms with Gasteiger partial charge in [0.25, 0.3) is 0 Å². The number of aromatic nitrogens is 1. The number of nitrogens with zero attached hydrogens (tertiary/aromatic N) is 1. The third-order valence-corrected chi connectivity index (χ3v) is 1.51. The lowest BCUT2D eigenvalue weighted by Crippen LogP contribution is -1.98. The fraction of sp³-hybridized carbons (Fsp3) is 0.143. The highest BCUT2D eigenvalue weighted by molar-refractivity contribution is 6.27. The van der Waals surface area contributed by atoms with Crippen LogP contribution in [0.2, 0.25) is 0 Å². The van der Waals surface area contributed by atoms with Gasteiger partial charge in [0.15, 0.2) is 0 Å². The summed E-state index contributed by atoms with van der Waals surface area (Å²) in [5.74, 6) is -1.79. The van der Waals surface area contributed by atoms with Crippen LogP contribution in [0.15, 0.2) is 12.1 Å². The van der Waals surface area contributed by atoms with E-state index in [1.807, 2.05) is 0 Å². The number of rotatable bonds is 2. The third kappa shape index (κ3) is 1.98. The fourth-order valence-corrected chi connectivity index (χ4v) is 0.807. The molecule has 0 fully saturated rings. The van der Waals surface area contributed by atoms with Crippen LogP contribution in [-0.4, -0.2) is 11.3 Å². The molecule has 0 bridgehead atoms. The maximum Gasteiger partial charge on any atom is 0.216 e. The van der Waals surface area contributed by atoms with Gasteiger partial charge in [-0.05, 0) is 6.07 Å². The Labute approximate surface area is 72.2 Å². The quantitative estimate of drug-likeness (QED) is 0.406. The lowest BCUT2D eigenvalue weighted by Gasteiger charge is -2.00. The van der Waals surface area contributed by atoms with Gasteiger partial charge in [0.05, 0.1) is 5.69 Å². The number of halogens is 3. The Kier molecular flexibility index (Phi) is 2.70. The van der Waals surface area contributed by atoms with Gasteiger partial charge in [-0.3, -0.25) is 0 Å². The molecule has 0 spiro atoms.